The van der Waals surface area contributed by atoms with Crippen LogP contribution in [-0.2, 0) is 14.3 Å². The van der Waals surface area contributed by atoms with E-state index in [2.05, 4.69) is 5.32 Å². The summed E-state index contributed by atoms with van der Waals surface area (Å²) >= 11 is 0.810. The first kappa shape index (κ1) is 19.9. The molecule has 138 valence electrons. The molecule has 4 nitrogen and oxygen atoms in total. The molecule has 0 radical (unpaired) electrons. The number of esters is 1. The number of halogens is 2. The maximum Gasteiger partial charge on any atom is 0.317 e. The van der Waals surface area contributed by atoms with Crippen molar-refractivity contribution in [1.82, 2.24) is 0 Å². The molecule has 0 aliphatic rings. The van der Waals surface area contributed by atoms with Crippen molar-refractivity contribution in [3.63, 3.8) is 0 Å². The van der Waals surface area contributed by atoms with Crippen molar-refractivity contribution < 1.29 is 23.1 Å². The zero-order chi connectivity index (χ0) is 19.3. The summed E-state index contributed by atoms with van der Waals surface area (Å²) in [4.78, 5) is 24.0. The molecule has 1 N–H and O–H groups in total. The molecular weight excluding hydrogens is 360 g/mol. The molecule has 0 aliphatic carbocycles. The lowest BCUT2D eigenvalue weighted by Gasteiger charge is -2.15. The first-order valence-corrected chi connectivity index (χ1v) is 8.90. The smallest absolute Gasteiger partial charge is 0.317 e. The second-order valence-corrected chi connectivity index (χ2v) is 6.82. The Labute approximate surface area is 154 Å². The number of ether oxygens (including phenoxy) is 1. The number of thioether (sulfide) groups is 1. The maximum absolute atomic E-state index is 13.5. The third kappa shape index (κ3) is 5.56. The van der Waals surface area contributed by atoms with Gasteiger partial charge in [0.15, 0.2) is 6.10 Å². The van der Waals surface area contributed by atoms with E-state index in [1.54, 1.807) is 6.07 Å². The molecule has 0 spiro atoms. The molecule has 2 aromatic carbocycles. The Kier molecular flexibility index (Phi) is 6.74. The second kappa shape index (κ2) is 8.80. The van der Waals surface area contributed by atoms with Gasteiger partial charge in [0.25, 0.3) is 5.91 Å². The van der Waals surface area contributed by atoms with Gasteiger partial charge in [-0.3, -0.25) is 9.59 Å². The fourth-order valence-electron chi connectivity index (χ4n) is 2.20. The Morgan fingerprint density at radius 1 is 1.15 bits per heavy atom. The highest BCUT2D eigenvalue weighted by atomic mass is 32.2. The van der Waals surface area contributed by atoms with Crippen LogP contribution in [0.1, 0.15) is 18.1 Å². The highest BCUT2D eigenvalue weighted by Gasteiger charge is 2.19. The van der Waals surface area contributed by atoms with Crippen molar-refractivity contribution in [3.05, 3.63) is 59.2 Å². The van der Waals surface area contributed by atoms with Gasteiger partial charge in [0.2, 0.25) is 0 Å². The van der Waals surface area contributed by atoms with Crippen LogP contribution < -0.4 is 5.32 Å². The summed E-state index contributed by atoms with van der Waals surface area (Å²) in [5, 5.41) is 2.70. The number of carbonyl (C=O) groups excluding carboxylic acids is 2. The Bertz CT molecular complexity index is 826. The van der Waals surface area contributed by atoms with E-state index >= 15 is 0 Å². The summed E-state index contributed by atoms with van der Waals surface area (Å²) in [5.74, 6) is -2.61. The second-order valence-electron chi connectivity index (χ2n) is 5.80. The summed E-state index contributed by atoms with van der Waals surface area (Å²) < 4.78 is 31.7. The topological polar surface area (TPSA) is 55.4 Å². The molecule has 0 saturated heterocycles. The van der Waals surface area contributed by atoms with Gasteiger partial charge in [-0.1, -0.05) is 17.7 Å². The first-order valence-electron chi connectivity index (χ1n) is 7.91. The number of benzene rings is 2. The fraction of sp³-hybridized carbons (Fsp3) is 0.263. The molecular formula is C19H19F2NO3S. The number of anilines is 1. The Morgan fingerprint density at radius 2 is 1.88 bits per heavy atom. The third-order valence-corrected chi connectivity index (χ3v) is 4.56. The van der Waals surface area contributed by atoms with Gasteiger partial charge >= 0.3 is 5.97 Å². The minimum atomic E-state index is -1.01. The van der Waals surface area contributed by atoms with Crippen molar-refractivity contribution in [3.8, 4) is 0 Å². The van der Waals surface area contributed by atoms with Gasteiger partial charge in [-0.25, -0.2) is 8.78 Å². The van der Waals surface area contributed by atoms with Crippen LogP contribution in [0.4, 0.5) is 14.5 Å². The van der Waals surface area contributed by atoms with Gasteiger partial charge in [-0.05, 0) is 50.6 Å². The van der Waals surface area contributed by atoms with Crippen LogP contribution in [0.15, 0.2) is 41.3 Å². The quantitative estimate of drug-likeness (QED) is 0.602. The highest BCUT2D eigenvalue weighted by molar-refractivity contribution is 8.00. The van der Waals surface area contributed by atoms with E-state index in [0.29, 0.717) is 5.69 Å². The summed E-state index contributed by atoms with van der Waals surface area (Å²) in [6.07, 6.45) is -1.01. The Balaban J connectivity index is 1.87. The summed E-state index contributed by atoms with van der Waals surface area (Å²) in [5.41, 5.74) is 2.61. The number of carbonyl (C=O) groups is 2. The minimum absolute atomic E-state index is 0.00864. The molecule has 0 heterocycles. The standard InChI is InChI=1S/C19H19F2NO3S/c1-11-4-7-16(12(2)8-11)22-19(24)13(3)25-18(23)10-26-17-9-14(20)5-6-15(17)21/h4-9,13H,10H2,1-3H3,(H,22,24)/t13-/m1/s1. The maximum atomic E-state index is 13.5. The molecule has 0 saturated carbocycles. The monoisotopic (exact) mass is 379 g/mol. The predicted molar refractivity (Wildman–Crippen MR) is 97.2 cm³/mol. The van der Waals surface area contributed by atoms with E-state index in [1.807, 2.05) is 26.0 Å². The van der Waals surface area contributed by atoms with Gasteiger partial charge < -0.3 is 10.1 Å². The van der Waals surface area contributed by atoms with E-state index in [1.165, 1.54) is 6.92 Å². The molecule has 2 aromatic rings. The zero-order valence-electron chi connectivity index (χ0n) is 14.6. The molecule has 7 heteroatoms. The van der Waals surface area contributed by atoms with Gasteiger partial charge in [0, 0.05) is 10.6 Å². The largest absolute Gasteiger partial charge is 0.452 e. The molecule has 0 aromatic heterocycles. The zero-order valence-corrected chi connectivity index (χ0v) is 15.5. The average Bonchev–Trinajstić information content (AvgIpc) is 2.58. The van der Waals surface area contributed by atoms with Crippen molar-refractivity contribution in [2.24, 2.45) is 0 Å². The Morgan fingerprint density at radius 3 is 2.58 bits per heavy atom. The average molecular weight is 379 g/mol. The lowest BCUT2D eigenvalue weighted by molar-refractivity contribution is -0.150. The SMILES string of the molecule is Cc1ccc(NC(=O)[C@@H](C)OC(=O)CSc2cc(F)ccc2F)c(C)c1. The van der Waals surface area contributed by atoms with Gasteiger partial charge in [0.05, 0.1) is 5.75 Å². The fourth-order valence-corrected chi connectivity index (χ4v) is 2.94. The van der Waals surface area contributed by atoms with Gasteiger partial charge in [-0.15, -0.1) is 11.8 Å². The number of aryl methyl sites for hydroxylation is 2. The molecule has 2 rings (SSSR count). The predicted octanol–water partition coefficient (Wildman–Crippen LogP) is 4.24. The summed E-state index contributed by atoms with van der Waals surface area (Å²) in [7, 11) is 0. The van der Waals surface area contributed by atoms with Crippen molar-refractivity contribution in [2.75, 3.05) is 11.1 Å². The number of nitrogens with one attached hydrogen (secondary N) is 1. The van der Waals surface area contributed by atoms with E-state index in [4.69, 9.17) is 4.74 Å². The Hall–Kier alpha value is -2.41. The van der Waals surface area contributed by atoms with Gasteiger partial charge in [-0.2, -0.15) is 0 Å². The van der Waals surface area contributed by atoms with Crippen LogP contribution >= 0.6 is 11.8 Å². The lowest BCUT2D eigenvalue weighted by Crippen LogP contribution is -2.30. The number of hydrogen-bond donors (Lipinski definition) is 1. The van der Waals surface area contributed by atoms with Crippen LogP contribution in [0.2, 0.25) is 0 Å². The minimum Gasteiger partial charge on any atom is -0.452 e. The van der Waals surface area contributed by atoms with Crippen molar-refractivity contribution in [2.45, 2.75) is 31.8 Å². The van der Waals surface area contributed by atoms with E-state index < -0.39 is 29.6 Å². The molecule has 1 amide bonds. The molecule has 0 aliphatic heterocycles. The number of amides is 1. The molecule has 26 heavy (non-hydrogen) atoms. The van der Waals surface area contributed by atoms with Crippen molar-refractivity contribution >= 4 is 29.3 Å². The normalized spacial score (nSPS) is 11.7. The molecule has 1 atom stereocenters. The first-order chi connectivity index (χ1) is 12.3. The number of rotatable bonds is 6. The third-order valence-electron chi connectivity index (χ3n) is 3.56. The van der Waals surface area contributed by atoms with E-state index in [-0.39, 0.29) is 10.6 Å². The van der Waals surface area contributed by atoms with Crippen LogP contribution in [0.25, 0.3) is 0 Å². The number of hydrogen-bond acceptors (Lipinski definition) is 4. The van der Waals surface area contributed by atoms with E-state index in [0.717, 1.165) is 41.1 Å². The molecule has 0 fully saturated rings. The van der Waals surface area contributed by atoms with Crippen LogP contribution in [0, 0.1) is 25.5 Å². The van der Waals surface area contributed by atoms with Crippen LogP contribution in [-0.4, -0.2) is 23.7 Å². The van der Waals surface area contributed by atoms with E-state index in [9.17, 15) is 18.4 Å². The summed E-state index contributed by atoms with van der Waals surface area (Å²) in [6.45, 7) is 5.26. The summed E-state index contributed by atoms with van der Waals surface area (Å²) in [6, 6.07) is 8.56. The van der Waals surface area contributed by atoms with Crippen LogP contribution in [0.5, 0.6) is 0 Å². The lowest BCUT2D eigenvalue weighted by atomic mass is 10.1. The van der Waals surface area contributed by atoms with Gasteiger partial charge in [0.1, 0.15) is 11.6 Å². The highest BCUT2D eigenvalue weighted by Crippen LogP contribution is 2.23. The molecule has 0 unspecified atom stereocenters. The molecule has 0 bridgehead atoms. The van der Waals surface area contributed by atoms with Crippen LogP contribution in [0.3, 0.4) is 0 Å². The van der Waals surface area contributed by atoms with Crippen molar-refractivity contribution in [1.29, 1.82) is 0 Å².